The van der Waals surface area contributed by atoms with Crippen molar-refractivity contribution in [3.05, 3.63) is 77.6 Å². The number of aliphatic hydroxyl groups excluding tert-OH is 1. The smallest absolute Gasteiger partial charge is 0.220 e. The van der Waals surface area contributed by atoms with Crippen LogP contribution in [0.3, 0.4) is 0 Å². The highest BCUT2D eigenvalue weighted by Crippen LogP contribution is 2.25. The largest absolute Gasteiger partial charge is 0.497 e. The number of nitrogens with zero attached hydrogens (tertiary/aromatic N) is 2. The van der Waals surface area contributed by atoms with Crippen molar-refractivity contribution in [3.63, 3.8) is 0 Å². The SMILES string of the molecule is C=C/C(=C\C)c1ccc(CCCN(C(C)=O)C(CO)c2cccc(OC)c2)nc1CC. The Labute approximate surface area is 186 Å². The summed E-state index contributed by atoms with van der Waals surface area (Å²) in [7, 11) is 1.60. The van der Waals surface area contributed by atoms with Crippen LogP contribution >= 0.6 is 0 Å². The lowest BCUT2D eigenvalue weighted by Gasteiger charge is -2.30. The maximum atomic E-state index is 12.4. The van der Waals surface area contributed by atoms with Gasteiger partial charge in [-0.2, -0.15) is 0 Å². The molecule has 5 heteroatoms. The number of ether oxygens (including phenoxy) is 1. The zero-order chi connectivity index (χ0) is 22.8. The van der Waals surface area contributed by atoms with Gasteiger partial charge in [0.25, 0.3) is 0 Å². The molecule has 1 aromatic carbocycles. The molecule has 0 fully saturated rings. The summed E-state index contributed by atoms with van der Waals surface area (Å²) >= 11 is 0. The predicted molar refractivity (Wildman–Crippen MR) is 126 cm³/mol. The van der Waals surface area contributed by atoms with Crippen LogP contribution in [0.25, 0.3) is 5.57 Å². The van der Waals surface area contributed by atoms with E-state index < -0.39 is 6.04 Å². The average molecular weight is 423 g/mol. The Morgan fingerprint density at radius 1 is 1.32 bits per heavy atom. The van der Waals surface area contributed by atoms with Gasteiger partial charge in [0.1, 0.15) is 5.75 Å². The summed E-state index contributed by atoms with van der Waals surface area (Å²) in [6.07, 6.45) is 6.26. The number of hydrogen-bond donors (Lipinski definition) is 1. The molecule has 1 atom stereocenters. The quantitative estimate of drug-likeness (QED) is 0.531. The van der Waals surface area contributed by atoms with E-state index in [-0.39, 0.29) is 12.5 Å². The van der Waals surface area contributed by atoms with Crippen molar-refractivity contribution in [2.45, 2.75) is 46.1 Å². The van der Waals surface area contributed by atoms with Gasteiger partial charge in [0, 0.05) is 30.4 Å². The van der Waals surface area contributed by atoms with Crippen molar-refractivity contribution < 1.29 is 14.6 Å². The molecule has 1 heterocycles. The number of allylic oxidation sites excluding steroid dienone is 3. The van der Waals surface area contributed by atoms with Crippen LogP contribution in [0, 0.1) is 0 Å². The number of aliphatic hydroxyl groups is 1. The lowest BCUT2D eigenvalue weighted by Crippen LogP contribution is -2.36. The maximum absolute atomic E-state index is 12.4. The molecule has 1 N–H and O–H groups in total. The number of hydrogen-bond acceptors (Lipinski definition) is 4. The zero-order valence-electron chi connectivity index (χ0n) is 19.1. The van der Waals surface area contributed by atoms with E-state index in [4.69, 9.17) is 9.72 Å². The van der Waals surface area contributed by atoms with Crippen molar-refractivity contribution in [1.82, 2.24) is 9.88 Å². The van der Waals surface area contributed by atoms with Crippen LogP contribution in [-0.4, -0.2) is 41.2 Å². The Bertz CT molecular complexity index is 921. The third-order valence-electron chi connectivity index (χ3n) is 5.47. The number of carbonyl (C=O) groups excluding carboxylic acids is 1. The number of rotatable bonds is 11. The van der Waals surface area contributed by atoms with E-state index in [1.54, 1.807) is 18.9 Å². The van der Waals surface area contributed by atoms with E-state index in [9.17, 15) is 9.90 Å². The summed E-state index contributed by atoms with van der Waals surface area (Å²) in [5.74, 6) is 0.638. The standard InChI is InChI=1S/C26H34N2O3/c1-6-20(7-2)24-15-14-22(27-25(24)8-3)12-10-16-28(19(4)30)26(18-29)21-11-9-13-23(17-21)31-5/h6-7,9,11,13-15,17,26,29H,1,8,10,12,16,18H2,2-5H3/b20-7+. The van der Waals surface area contributed by atoms with Crippen LogP contribution in [0.1, 0.15) is 55.7 Å². The second-order valence-electron chi connectivity index (χ2n) is 7.39. The summed E-state index contributed by atoms with van der Waals surface area (Å²) in [5.41, 5.74) is 5.12. The van der Waals surface area contributed by atoms with Crippen molar-refractivity contribution in [3.8, 4) is 5.75 Å². The molecule has 31 heavy (non-hydrogen) atoms. The van der Waals surface area contributed by atoms with Gasteiger partial charge in [0.15, 0.2) is 0 Å². The lowest BCUT2D eigenvalue weighted by atomic mass is 10.0. The minimum atomic E-state index is -0.404. The highest BCUT2D eigenvalue weighted by molar-refractivity contribution is 5.75. The number of amides is 1. The fourth-order valence-electron chi connectivity index (χ4n) is 3.80. The number of methoxy groups -OCH3 is 1. The molecule has 1 unspecified atom stereocenters. The molecular weight excluding hydrogens is 388 g/mol. The van der Waals surface area contributed by atoms with Gasteiger partial charge < -0.3 is 14.7 Å². The third kappa shape index (κ3) is 6.28. The first kappa shape index (κ1) is 24.4. The van der Waals surface area contributed by atoms with E-state index in [0.717, 1.165) is 47.4 Å². The van der Waals surface area contributed by atoms with Crippen LogP contribution in [0.2, 0.25) is 0 Å². The van der Waals surface area contributed by atoms with Gasteiger partial charge in [-0.25, -0.2) is 0 Å². The van der Waals surface area contributed by atoms with Crippen LogP contribution in [-0.2, 0) is 17.6 Å². The first-order valence-electron chi connectivity index (χ1n) is 10.8. The summed E-state index contributed by atoms with van der Waals surface area (Å²) in [5, 5.41) is 10.0. The molecule has 0 radical (unpaired) electrons. The molecule has 0 aliphatic rings. The Morgan fingerprint density at radius 3 is 2.68 bits per heavy atom. The molecular formula is C26H34N2O3. The third-order valence-corrected chi connectivity index (χ3v) is 5.47. The lowest BCUT2D eigenvalue weighted by molar-refractivity contribution is -0.132. The molecule has 0 aliphatic heterocycles. The molecule has 0 spiro atoms. The molecule has 0 saturated heterocycles. The number of aromatic nitrogens is 1. The Kier molecular flexibility index (Phi) is 9.47. The molecule has 1 aromatic heterocycles. The monoisotopic (exact) mass is 422 g/mol. The summed E-state index contributed by atoms with van der Waals surface area (Å²) in [6, 6.07) is 11.2. The minimum Gasteiger partial charge on any atom is -0.497 e. The van der Waals surface area contributed by atoms with Crippen LogP contribution in [0.4, 0.5) is 0 Å². The Morgan fingerprint density at radius 2 is 2.10 bits per heavy atom. The fraction of sp³-hybridized carbons (Fsp3) is 0.385. The summed E-state index contributed by atoms with van der Waals surface area (Å²) < 4.78 is 5.29. The van der Waals surface area contributed by atoms with E-state index in [2.05, 4.69) is 19.6 Å². The number of pyridine rings is 1. The summed E-state index contributed by atoms with van der Waals surface area (Å²) in [4.78, 5) is 18.9. The van der Waals surface area contributed by atoms with E-state index in [1.165, 1.54) is 0 Å². The molecule has 2 aromatic rings. The molecule has 1 amide bonds. The van der Waals surface area contributed by atoms with Crippen LogP contribution in [0.5, 0.6) is 5.75 Å². The van der Waals surface area contributed by atoms with Gasteiger partial charge in [-0.15, -0.1) is 0 Å². The van der Waals surface area contributed by atoms with Crippen LogP contribution < -0.4 is 4.74 Å². The molecule has 0 saturated carbocycles. The Hall–Kier alpha value is -2.92. The van der Waals surface area contributed by atoms with E-state index >= 15 is 0 Å². The number of carbonyl (C=O) groups is 1. The van der Waals surface area contributed by atoms with Gasteiger partial charge in [-0.05, 0) is 55.5 Å². The first-order valence-corrected chi connectivity index (χ1v) is 10.8. The normalized spacial score (nSPS) is 12.4. The van der Waals surface area contributed by atoms with Crippen LogP contribution in [0.15, 0.2) is 55.1 Å². The second-order valence-corrected chi connectivity index (χ2v) is 7.39. The highest BCUT2D eigenvalue weighted by atomic mass is 16.5. The topological polar surface area (TPSA) is 62.7 Å². The van der Waals surface area contributed by atoms with Crippen molar-refractivity contribution in [2.24, 2.45) is 0 Å². The zero-order valence-corrected chi connectivity index (χ0v) is 19.1. The molecule has 166 valence electrons. The van der Waals surface area contributed by atoms with E-state index in [1.807, 2.05) is 49.4 Å². The highest BCUT2D eigenvalue weighted by Gasteiger charge is 2.22. The van der Waals surface area contributed by atoms with Gasteiger partial charge >= 0.3 is 0 Å². The maximum Gasteiger partial charge on any atom is 0.220 e. The Balaban J connectivity index is 2.13. The number of aryl methyl sites for hydroxylation is 2. The minimum absolute atomic E-state index is 0.0665. The van der Waals surface area contributed by atoms with Gasteiger partial charge in [-0.3, -0.25) is 9.78 Å². The fourth-order valence-corrected chi connectivity index (χ4v) is 3.80. The molecule has 2 rings (SSSR count). The van der Waals surface area contributed by atoms with Crippen molar-refractivity contribution in [1.29, 1.82) is 0 Å². The average Bonchev–Trinajstić information content (AvgIpc) is 2.79. The number of benzene rings is 1. The second kappa shape index (κ2) is 12.1. The summed E-state index contributed by atoms with van der Waals surface area (Å²) in [6.45, 7) is 9.92. The molecule has 0 aliphatic carbocycles. The van der Waals surface area contributed by atoms with E-state index in [0.29, 0.717) is 12.3 Å². The first-order chi connectivity index (χ1) is 15.0. The van der Waals surface area contributed by atoms with Gasteiger partial charge in [-0.1, -0.05) is 43.9 Å². The molecule has 5 nitrogen and oxygen atoms in total. The predicted octanol–water partition coefficient (Wildman–Crippen LogP) is 4.76. The van der Waals surface area contributed by atoms with Crippen molar-refractivity contribution >= 4 is 11.5 Å². The molecule has 0 bridgehead atoms. The van der Waals surface area contributed by atoms with Gasteiger partial charge in [0.2, 0.25) is 5.91 Å². The van der Waals surface area contributed by atoms with Gasteiger partial charge in [0.05, 0.1) is 19.8 Å². The van der Waals surface area contributed by atoms with Crippen molar-refractivity contribution in [2.75, 3.05) is 20.3 Å².